The van der Waals surface area contributed by atoms with E-state index in [0.717, 1.165) is 30.7 Å². The smallest absolute Gasteiger partial charge is 0.416 e. The van der Waals surface area contributed by atoms with Crippen molar-refractivity contribution in [3.63, 3.8) is 0 Å². The van der Waals surface area contributed by atoms with Gasteiger partial charge in [0.2, 0.25) is 0 Å². The summed E-state index contributed by atoms with van der Waals surface area (Å²) in [6, 6.07) is 14.0. The number of carbonyl (C=O) groups excluding carboxylic acids is 1. The minimum Gasteiger partial charge on any atom is -0.457 e. The summed E-state index contributed by atoms with van der Waals surface area (Å²) in [4.78, 5) is 12.4. The van der Waals surface area contributed by atoms with Crippen molar-refractivity contribution in [1.82, 2.24) is 5.32 Å². The second-order valence-electron chi connectivity index (χ2n) is 6.03. The summed E-state index contributed by atoms with van der Waals surface area (Å²) in [5.41, 5.74) is 0.112. The van der Waals surface area contributed by atoms with Gasteiger partial charge in [0, 0.05) is 12.5 Å². The van der Waals surface area contributed by atoms with Gasteiger partial charge in [0.1, 0.15) is 6.10 Å². The Morgan fingerprint density at radius 3 is 2.50 bits per heavy atom. The first-order valence-electron chi connectivity index (χ1n) is 8.09. The molecule has 3 rings (SSSR count). The van der Waals surface area contributed by atoms with Crippen LogP contribution in [-0.2, 0) is 10.9 Å². The van der Waals surface area contributed by atoms with Crippen molar-refractivity contribution < 1.29 is 22.7 Å². The SMILES string of the molecule is Cl.O=C(O[C@H]1CNCC[C@@H]1c1ccccc1)c1cccc(C(F)(F)F)c1. The number of rotatable bonds is 3. The third-order valence-electron chi connectivity index (χ3n) is 4.34. The van der Waals surface area contributed by atoms with E-state index in [-0.39, 0.29) is 23.9 Å². The molecule has 2 aromatic carbocycles. The molecule has 1 saturated heterocycles. The molecule has 1 fully saturated rings. The highest BCUT2D eigenvalue weighted by Crippen LogP contribution is 2.31. The first kappa shape index (κ1) is 20.3. The standard InChI is InChI=1S/C19H18F3NO2.ClH/c20-19(21,22)15-8-4-7-14(11-15)18(24)25-17-12-23-10-9-16(17)13-5-2-1-3-6-13;/h1-8,11,16-17,23H,9-10,12H2;1H/t16-,17+;/m1./s1. The Hall–Kier alpha value is -2.05. The predicted octanol–water partition coefficient (Wildman–Crippen LogP) is 4.43. The van der Waals surface area contributed by atoms with Crippen molar-refractivity contribution in [3.8, 4) is 0 Å². The molecule has 140 valence electrons. The summed E-state index contributed by atoms with van der Waals surface area (Å²) in [7, 11) is 0. The lowest BCUT2D eigenvalue weighted by atomic mass is 9.88. The number of benzene rings is 2. The van der Waals surface area contributed by atoms with Crippen molar-refractivity contribution >= 4 is 18.4 Å². The normalized spacial score (nSPS) is 20.1. The molecular weight excluding hydrogens is 367 g/mol. The van der Waals surface area contributed by atoms with E-state index < -0.39 is 23.8 Å². The summed E-state index contributed by atoms with van der Waals surface area (Å²) in [5, 5.41) is 3.17. The highest BCUT2D eigenvalue weighted by Gasteiger charge is 2.33. The third-order valence-corrected chi connectivity index (χ3v) is 4.34. The van der Waals surface area contributed by atoms with Crippen LogP contribution in [0.3, 0.4) is 0 Å². The van der Waals surface area contributed by atoms with Crippen LogP contribution in [0.4, 0.5) is 13.2 Å². The van der Waals surface area contributed by atoms with E-state index in [4.69, 9.17) is 4.74 Å². The molecule has 2 atom stereocenters. The Balaban J connectivity index is 0.00000243. The van der Waals surface area contributed by atoms with E-state index in [1.54, 1.807) is 0 Å². The Labute approximate surface area is 156 Å². The summed E-state index contributed by atoms with van der Waals surface area (Å²) >= 11 is 0. The van der Waals surface area contributed by atoms with E-state index in [2.05, 4.69) is 5.32 Å². The Bertz CT molecular complexity index is 737. The Morgan fingerprint density at radius 1 is 1.08 bits per heavy atom. The monoisotopic (exact) mass is 385 g/mol. The Kier molecular flexibility index (Phi) is 6.67. The molecule has 7 heteroatoms. The summed E-state index contributed by atoms with van der Waals surface area (Å²) in [5.74, 6) is -0.710. The number of nitrogens with one attached hydrogen (secondary N) is 1. The van der Waals surface area contributed by atoms with Crippen LogP contribution < -0.4 is 5.32 Å². The van der Waals surface area contributed by atoms with Gasteiger partial charge in [-0.15, -0.1) is 12.4 Å². The summed E-state index contributed by atoms with van der Waals surface area (Å²) in [6.07, 6.45) is -4.11. The van der Waals surface area contributed by atoms with Gasteiger partial charge in [-0.05, 0) is 36.7 Å². The molecule has 0 aliphatic carbocycles. The summed E-state index contributed by atoms with van der Waals surface area (Å²) in [6.45, 7) is 1.28. The zero-order valence-electron chi connectivity index (χ0n) is 13.8. The largest absolute Gasteiger partial charge is 0.457 e. The van der Waals surface area contributed by atoms with Gasteiger partial charge in [-0.2, -0.15) is 13.2 Å². The lowest BCUT2D eigenvalue weighted by Gasteiger charge is -2.32. The second-order valence-corrected chi connectivity index (χ2v) is 6.03. The Morgan fingerprint density at radius 2 is 1.81 bits per heavy atom. The topological polar surface area (TPSA) is 38.3 Å². The van der Waals surface area contributed by atoms with Crippen LogP contribution in [-0.4, -0.2) is 25.2 Å². The van der Waals surface area contributed by atoms with Crippen molar-refractivity contribution in [2.24, 2.45) is 0 Å². The molecule has 0 amide bonds. The molecule has 1 N–H and O–H groups in total. The lowest BCUT2D eigenvalue weighted by molar-refractivity contribution is -0.137. The number of halogens is 4. The third kappa shape index (κ3) is 4.77. The molecule has 1 aliphatic heterocycles. The highest BCUT2D eigenvalue weighted by molar-refractivity contribution is 5.89. The van der Waals surface area contributed by atoms with Gasteiger partial charge in [-0.1, -0.05) is 36.4 Å². The van der Waals surface area contributed by atoms with Gasteiger partial charge >= 0.3 is 12.1 Å². The van der Waals surface area contributed by atoms with Gasteiger partial charge in [-0.3, -0.25) is 0 Å². The number of hydrogen-bond acceptors (Lipinski definition) is 3. The van der Waals surface area contributed by atoms with Gasteiger partial charge in [0.05, 0.1) is 11.1 Å². The molecular formula is C19H19ClF3NO2. The first-order valence-corrected chi connectivity index (χ1v) is 8.09. The molecule has 26 heavy (non-hydrogen) atoms. The quantitative estimate of drug-likeness (QED) is 0.794. The van der Waals surface area contributed by atoms with E-state index >= 15 is 0 Å². The van der Waals surface area contributed by atoms with Crippen LogP contribution in [0.5, 0.6) is 0 Å². The number of piperidine rings is 1. The molecule has 0 radical (unpaired) electrons. The van der Waals surface area contributed by atoms with Gasteiger partial charge in [0.25, 0.3) is 0 Å². The molecule has 0 aromatic heterocycles. The van der Waals surface area contributed by atoms with E-state index in [9.17, 15) is 18.0 Å². The zero-order valence-corrected chi connectivity index (χ0v) is 14.6. The fraction of sp³-hybridized carbons (Fsp3) is 0.316. The van der Waals surface area contributed by atoms with Crippen LogP contribution in [0.2, 0.25) is 0 Å². The van der Waals surface area contributed by atoms with Crippen LogP contribution >= 0.6 is 12.4 Å². The predicted molar refractivity (Wildman–Crippen MR) is 94.6 cm³/mol. The fourth-order valence-electron chi connectivity index (χ4n) is 3.06. The molecule has 0 spiro atoms. The minimum absolute atomic E-state index is 0. The number of ether oxygens (including phenoxy) is 1. The van der Waals surface area contributed by atoms with Crippen LogP contribution in [0.1, 0.15) is 33.8 Å². The molecule has 0 bridgehead atoms. The number of esters is 1. The van der Waals surface area contributed by atoms with Crippen molar-refractivity contribution in [2.45, 2.75) is 24.6 Å². The zero-order chi connectivity index (χ0) is 17.9. The maximum atomic E-state index is 12.8. The van der Waals surface area contributed by atoms with Crippen LogP contribution in [0, 0.1) is 0 Å². The molecule has 0 saturated carbocycles. The number of alkyl halides is 3. The average Bonchev–Trinajstić information content (AvgIpc) is 2.62. The lowest BCUT2D eigenvalue weighted by Crippen LogP contribution is -2.42. The number of hydrogen-bond donors (Lipinski definition) is 1. The molecule has 0 unspecified atom stereocenters. The average molecular weight is 386 g/mol. The highest BCUT2D eigenvalue weighted by atomic mass is 35.5. The number of carbonyl (C=O) groups is 1. The minimum atomic E-state index is -4.49. The van der Waals surface area contributed by atoms with E-state index in [0.29, 0.717) is 6.54 Å². The van der Waals surface area contributed by atoms with E-state index in [1.807, 2.05) is 30.3 Å². The first-order chi connectivity index (χ1) is 11.9. The van der Waals surface area contributed by atoms with Crippen molar-refractivity contribution in [2.75, 3.05) is 13.1 Å². The van der Waals surface area contributed by atoms with Crippen molar-refractivity contribution in [1.29, 1.82) is 0 Å². The van der Waals surface area contributed by atoms with Gasteiger partial charge in [0.15, 0.2) is 0 Å². The van der Waals surface area contributed by atoms with Gasteiger partial charge in [-0.25, -0.2) is 4.79 Å². The fourth-order valence-corrected chi connectivity index (χ4v) is 3.06. The molecule has 1 aliphatic rings. The van der Waals surface area contributed by atoms with Crippen LogP contribution in [0.25, 0.3) is 0 Å². The van der Waals surface area contributed by atoms with Gasteiger partial charge < -0.3 is 10.1 Å². The maximum absolute atomic E-state index is 12.8. The molecule has 3 nitrogen and oxygen atoms in total. The maximum Gasteiger partial charge on any atom is 0.416 e. The second kappa shape index (κ2) is 8.56. The van der Waals surface area contributed by atoms with E-state index in [1.165, 1.54) is 12.1 Å². The molecule has 1 heterocycles. The summed E-state index contributed by atoms with van der Waals surface area (Å²) < 4.78 is 44.0. The van der Waals surface area contributed by atoms with Crippen molar-refractivity contribution in [3.05, 3.63) is 71.3 Å². The molecule has 2 aromatic rings. The van der Waals surface area contributed by atoms with Crippen LogP contribution in [0.15, 0.2) is 54.6 Å².